The maximum atomic E-state index is 13.0. The summed E-state index contributed by atoms with van der Waals surface area (Å²) in [6.07, 6.45) is 3.31. The monoisotopic (exact) mass is 459 g/mol. The number of hydrogen-bond acceptors (Lipinski definition) is 5. The van der Waals surface area contributed by atoms with E-state index in [-0.39, 0.29) is 31.0 Å². The van der Waals surface area contributed by atoms with Crippen LogP contribution in [0.1, 0.15) is 44.6 Å². The SMILES string of the molecule is CCCNC(=O)C(C)c1ccc(OC2CCN(c3ccc(OCC4CC4(F)F)cn3)C2)cc1. The first-order chi connectivity index (χ1) is 15.9. The lowest BCUT2D eigenvalue weighted by atomic mass is 10.0. The number of nitrogens with one attached hydrogen (secondary N) is 1. The van der Waals surface area contributed by atoms with Gasteiger partial charge in [-0.3, -0.25) is 4.79 Å². The fraction of sp³-hybridized carbons (Fsp3) is 0.520. The number of ether oxygens (including phenoxy) is 2. The van der Waals surface area contributed by atoms with Gasteiger partial charge in [-0.1, -0.05) is 19.1 Å². The molecule has 2 aliphatic rings. The third kappa shape index (κ3) is 5.92. The standard InChI is InChI=1S/C25H31F2N3O3/c1-3-11-28-24(31)17(2)18-4-6-20(7-5-18)33-22-10-12-30(15-22)23-9-8-21(14-29-23)32-16-19-13-25(19,26)27/h4-9,14,17,19,22H,3,10-13,15-16H2,1-2H3,(H,28,31). The second-order valence-electron chi connectivity index (χ2n) is 8.88. The van der Waals surface area contributed by atoms with Crippen molar-refractivity contribution in [2.24, 2.45) is 5.92 Å². The molecule has 0 radical (unpaired) electrons. The molecule has 8 heteroatoms. The Morgan fingerprint density at radius 1 is 1.24 bits per heavy atom. The largest absolute Gasteiger partial charge is 0.491 e. The van der Waals surface area contributed by atoms with Crippen LogP contribution in [0.3, 0.4) is 0 Å². The van der Waals surface area contributed by atoms with Gasteiger partial charge in [-0.15, -0.1) is 0 Å². The highest BCUT2D eigenvalue weighted by Gasteiger charge is 2.57. The summed E-state index contributed by atoms with van der Waals surface area (Å²) in [6, 6.07) is 11.3. The van der Waals surface area contributed by atoms with Crippen molar-refractivity contribution in [3.63, 3.8) is 0 Å². The van der Waals surface area contributed by atoms with Crippen molar-refractivity contribution in [2.75, 3.05) is 31.1 Å². The minimum atomic E-state index is -2.57. The van der Waals surface area contributed by atoms with E-state index in [0.717, 1.165) is 36.5 Å². The summed E-state index contributed by atoms with van der Waals surface area (Å²) in [6.45, 7) is 6.17. The molecule has 2 aromatic rings. The van der Waals surface area contributed by atoms with Crippen molar-refractivity contribution in [2.45, 2.75) is 51.1 Å². The predicted octanol–water partition coefficient (Wildman–Crippen LogP) is 4.40. The number of halogens is 2. The first kappa shape index (κ1) is 23.3. The van der Waals surface area contributed by atoms with Crippen LogP contribution in [0.2, 0.25) is 0 Å². The van der Waals surface area contributed by atoms with Gasteiger partial charge in [0.05, 0.1) is 31.2 Å². The van der Waals surface area contributed by atoms with Gasteiger partial charge in [0.25, 0.3) is 5.92 Å². The van der Waals surface area contributed by atoms with Crippen LogP contribution in [0.5, 0.6) is 11.5 Å². The van der Waals surface area contributed by atoms with Gasteiger partial charge in [-0.25, -0.2) is 13.8 Å². The molecule has 1 N–H and O–H groups in total. The van der Waals surface area contributed by atoms with E-state index < -0.39 is 11.8 Å². The number of benzene rings is 1. The lowest BCUT2D eigenvalue weighted by Gasteiger charge is -2.19. The Labute approximate surface area is 193 Å². The van der Waals surface area contributed by atoms with Gasteiger partial charge in [0.1, 0.15) is 23.4 Å². The molecule has 6 nitrogen and oxygen atoms in total. The zero-order valence-corrected chi connectivity index (χ0v) is 19.1. The number of carbonyl (C=O) groups excluding carboxylic acids is 1. The molecule has 1 aliphatic carbocycles. The first-order valence-corrected chi connectivity index (χ1v) is 11.6. The van der Waals surface area contributed by atoms with Crippen LogP contribution in [-0.4, -0.2) is 49.2 Å². The fourth-order valence-electron chi connectivity index (χ4n) is 3.90. The predicted molar refractivity (Wildman–Crippen MR) is 122 cm³/mol. The van der Waals surface area contributed by atoms with Gasteiger partial charge in [-0.2, -0.15) is 0 Å². The Kier molecular flexibility index (Phi) is 7.00. The number of hydrogen-bond donors (Lipinski definition) is 1. The molecule has 2 fully saturated rings. The molecule has 3 atom stereocenters. The van der Waals surface area contributed by atoms with E-state index in [4.69, 9.17) is 9.47 Å². The van der Waals surface area contributed by atoms with E-state index in [2.05, 4.69) is 15.2 Å². The quantitative estimate of drug-likeness (QED) is 0.571. The molecule has 1 amide bonds. The Morgan fingerprint density at radius 3 is 2.61 bits per heavy atom. The van der Waals surface area contributed by atoms with E-state index in [0.29, 0.717) is 18.8 Å². The highest BCUT2D eigenvalue weighted by molar-refractivity contribution is 5.83. The Bertz CT molecular complexity index is 937. The van der Waals surface area contributed by atoms with Gasteiger partial charge in [-0.05, 0) is 43.2 Å². The molecule has 3 unspecified atom stereocenters. The molecular formula is C25H31F2N3O3. The van der Waals surface area contributed by atoms with Crippen LogP contribution in [0.25, 0.3) is 0 Å². The molecule has 2 heterocycles. The van der Waals surface area contributed by atoms with Crippen LogP contribution >= 0.6 is 0 Å². The molecule has 0 spiro atoms. The van der Waals surface area contributed by atoms with Crippen molar-refractivity contribution in [1.82, 2.24) is 10.3 Å². The van der Waals surface area contributed by atoms with Crippen molar-refractivity contribution >= 4 is 11.7 Å². The highest BCUT2D eigenvalue weighted by atomic mass is 19.3. The van der Waals surface area contributed by atoms with Gasteiger partial charge >= 0.3 is 0 Å². The van der Waals surface area contributed by atoms with E-state index in [1.165, 1.54) is 0 Å². The third-order valence-corrected chi connectivity index (χ3v) is 6.22. The van der Waals surface area contributed by atoms with Crippen LogP contribution in [0.15, 0.2) is 42.6 Å². The molecule has 33 heavy (non-hydrogen) atoms. The summed E-state index contributed by atoms with van der Waals surface area (Å²) >= 11 is 0. The fourth-order valence-corrected chi connectivity index (χ4v) is 3.90. The summed E-state index contributed by atoms with van der Waals surface area (Å²) < 4.78 is 37.5. The second-order valence-corrected chi connectivity index (χ2v) is 8.88. The number of nitrogens with zero attached hydrogens (tertiary/aromatic N) is 2. The topological polar surface area (TPSA) is 63.7 Å². The van der Waals surface area contributed by atoms with Crippen molar-refractivity contribution < 1.29 is 23.0 Å². The number of pyridine rings is 1. The highest BCUT2D eigenvalue weighted by Crippen LogP contribution is 2.48. The Hall–Kier alpha value is -2.90. The molecule has 1 aliphatic heterocycles. The average Bonchev–Trinajstić information content (AvgIpc) is 3.19. The van der Waals surface area contributed by atoms with Crippen LogP contribution in [0.4, 0.5) is 14.6 Å². The number of aromatic nitrogens is 1. The summed E-state index contributed by atoms with van der Waals surface area (Å²) in [5.41, 5.74) is 0.959. The van der Waals surface area contributed by atoms with Crippen LogP contribution < -0.4 is 19.7 Å². The third-order valence-electron chi connectivity index (χ3n) is 6.22. The van der Waals surface area contributed by atoms with Gasteiger partial charge in [0.15, 0.2) is 0 Å². The van der Waals surface area contributed by atoms with Gasteiger partial charge < -0.3 is 19.7 Å². The number of alkyl halides is 2. The van der Waals surface area contributed by atoms with Crippen LogP contribution in [-0.2, 0) is 4.79 Å². The lowest BCUT2D eigenvalue weighted by Crippen LogP contribution is -2.28. The smallest absolute Gasteiger partial charge is 0.255 e. The summed E-state index contributed by atoms with van der Waals surface area (Å²) in [4.78, 5) is 18.7. The number of carbonyl (C=O) groups is 1. The minimum Gasteiger partial charge on any atom is -0.491 e. The molecule has 0 bridgehead atoms. The van der Waals surface area contributed by atoms with E-state index in [9.17, 15) is 13.6 Å². The molecule has 1 saturated carbocycles. The normalized spacial score (nSPS) is 22.0. The lowest BCUT2D eigenvalue weighted by molar-refractivity contribution is -0.122. The van der Waals surface area contributed by atoms with Crippen molar-refractivity contribution in [1.29, 1.82) is 0 Å². The van der Waals surface area contributed by atoms with Crippen molar-refractivity contribution in [3.8, 4) is 11.5 Å². The maximum Gasteiger partial charge on any atom is 0.255 e. The maximum absolute atomic E-state index is 13.0. The van der Waals surface area contributed by atoms with Gasteiger partial charge in [0.2, 0.25) is 5.91 Å². The minimum absolute atomic E-state index is 0.0225. The zero-order valence-electron chi connectivity index (χ0n) is 19.1. The Balaban J connectivity index is 1.25. The number of anilines is 1. The molecule has 1 aromatic carbocycles. The summed E-state index contributed by atoms with van der Waals surface area (Å²) in [5.74, 6) is -1.32. The van der Waals surface area contributed by atoms with Gasteiger partial charge in [0, 0.05) is 25.9 Å². The average molecular weight is 460 g/mol. The number of rotatable bonds is 10. The molecule has 178 valence electrons. The summed E-state index contributed by atoms with van der Waals surface area (Å²) in [7, 11) is 0. The number of amides is 1. The van der Waals surface area contributed by atoms with E-state index in [1.807, 2.05) is 44.2 Å². The summed E-state index contributed by atoms with van der Waals surface area (Å²) in [5, 5.41) is 2.93. The second kappa shape index (κ2) is 9.93. The first-order valence-electron chi connectivity index (χ1n) is 11.6. The Morgan fingerprint density at radius 2 is 1.97 bits per heavy atom. The van der Waals surface area contributed by atoms with E-state index >= 15 is 0 Å². The molecule has 1 aromatic heterocycles. The van der Waals surface area contributed by atoms with Crippen LogP contribution in [0, 0.1) is 5.92 Å². The zero-order chi connectivity index (χ0) is 23.4. The van der Waals surface area contributed by atoms with Crippen molar-refractivity contribution in [3.05, 3.63) is 48.2 Å². The molecule has 4 rings (SSSR count). The molecular weight excluding hydrogens is 428 g/mol. The van der Waals surface area contributed by atoms with E-state index in [1.54, 1.807) is 12.3 Å². The molecule has 1 saturated heterocycles.